The highest BCUT2D eigenvalue weighted by molar-refractivity contribution is 6.06. The van der Waals surface area contributed by atoms with E-state index < -0.39 is 0 Å². The highest BCUT2D eigenvalue weighted by Crippen LogP contribution is 2.34. The fraction of sp³-hybridized carbons (Fsp3) is 0.522. The quantitative estimate of drug-likeness (QED) is 0.742. The number of fused-ring (bicyclic) bond motifs is 1. The van der Waals surface area contributed by atoms with Crippen LogP contribution in [0.1, 0.15) is 47.7 Å². The number of pyridine rings is 1. The number of hydrogen-bond acceptors (Lipinski definition) is 5. The maximum Gasteiger partial charge on any atom is 0.341 e. The zero-order chi connectivity index (χ0) is 20.5. The number of hydrogen-bond donors (Lipinski definition) is 0. The van der Waals surface area contributed by atoms with Crippen LogP contribution in [0.5, 0.6) is 0 Å². The van der Waals surface area contributed by atoms with Crippen LogP contribution in [0.2, 0.25) is 0 Å². The molecule has 4 rings (SSSR count). The molecule has 2 aromatic rings. The molecule has 0 atom stereocenters. The molecule has 1 saturated carbocycles. The lowest BCUT2D eigenvalue weighted by molar-refractivity contribution is -0.132. The summed E-state index contributed by atoms with van der Waals surface area (Å²) in [6.45, 7) is 9.22. The molecule has 0 bridgehead atoms. The van der Waals surface area contributed by atoms with E-state index in [1.807, 2.05) is 11.8 Å². The Bertz CT molecular complexity index is 952. The summed E-state index contributed by atoms with van der Waals surface area (Å²) in [5.41, 5.74) is 4.54. The molecular weight excluding hydrogens is 366 g/mol. The van der Waals surface area contributed by atoms with Gasteiger partial charge in [0.1, 0.15) is 5.56 Å². The van der Waals surface area contributed by atoms with E-state index in [1.54, 1.807) is 6.20 Å². The number of esters is 1. The monoisotopic (exact) mass is 395 g/mol. The fourth-order valence-corrected chi connectivity index (χ4v) is 4.30. The van der Waals surface area contributed by atoms with Crippen LogP contribution in [-0.2, 0) is 9.53 Å². The van der Waals surface area contributed by atoms with Gasteiger partial charge in [0.05, 0.1) is 17.8 Å². The van der Waals surface area contributed by atoms with E-state index in [4.69, 9.17) is 4.74 Å². The summed E-state index contributed by atoms with van der Waals surface area (Å²) in [6.07, 6.45) is 4.59. The molecule has 1 aromatic carbocycles. The van der Waals surface area contributed by atoms with Gasteiger partial charge in [-0.3, -0.25) is 9.78 Å². The Morgan fingerprint density at radius 2 is 1.93 bits per heavy atom. The van der Waals surface area contributed by atoms with Crippen molar-refractivity contribution < 1.29 is 14.3 Å². The number of amides is 1. The molecular formula is C23H29N3O3. The van der Waals surface area contributed by atoms with Crippen molar-refractivity contribution in [3.63, 3.8) is 0 Å². The van der Waals surface area contributed by atoms with Gasteiger partial charge in [-0.2, -0.15) is 0 Å². The number of anilines is 1. The number of ether oxygens (including phenoxy) is 1. The molecule has 1 amide bonds. The molecule has 2 aliphatic rings. The van der Waals surface area contributed by atoms with Crippen LogP contribution in [0, 0.1) is 19.8 Å². The van der Waals surface area contributed by atoms with E-state index in [0.29, 0.717) is 31.2 Å². The minimum Gasteiger partial charge on any atom is -0.462 e. The van der Waals surface area contributed by atoms with Gasteiger partial charge < -0.3 is 14.5 Å². The largest absolute Gasteiger partial charge is 0.462 e. The first-order valence-electron chi connectivity index (χ1n) is 10.6. The summed E-state index contributed by atoms with van der Waals surface area (Å²) in [4.78, 5) is 34.1. The first-order chi connectivity index (χ1) is 14.0. The second kappa shape index (κ2) is 8.01. The first-order valence-corrected chi connectivity index (χ1v) is 10.6. The first kappa shape index (κ1) is 19.7. The van der Waals surface area contributed by atoms with Crippen molar-refractivity contribution in [3.05, 3.63) is 35.0 Å². The van der Waals surface area contributed by atoms with Gasteiger partial charge in [0.2, 0.25) is 5.91 Å². The summed E-state index contributed by atoms with van der Waals surface area (Å²) >= 11 is 0. The summed E-state index contributed by atoms with van der Waals surface area (Å²) in [5, 5.41) is 0.982. The highest BCUT2D eigenvalue weighted by atomic mass is 16.5. The Morgan fingerprint density at radius 1 is 1.14 bits per heavy atom. The molecule has 0 spiro atoms. The Kier molecular flexibility index (Phi) is 5.43. The number of carbonyl (C=O) groups excluding carboxylic acids is 2. The zero-order valence-electron chi connectivity index (χ0n) is 17.5. The maximum absolute atomic E-state index is 12.7. The van der Waals surface area contributed by atoms with Gasteiger partial charge in [-0.25, -0.2) is 4.79 Å². The molecule has 0 radical (unpaired) electrons. The summed E-state index contributed by atoms with van der Waals surface area (Å²) in [5.74, 6) is 0.193. The van der Waals surface area contributed by atoms with Gasteiger partial charge in [-0.1, -0.05) is 11.6 Å². The molecule has 1 aliphatic carbocycles. The minimum atomic E-state index is -0.341. The Hall–Kier alpha value is -2.63. The molecule has 29 heavy (non-hydrogen) atoms. The van der Waals surface area contributed by atoms with Gasteiger partial charge in [0.25, 0.3) is 0 Å². The standard InChI is InChI=1S/C23H29N3O3/c1-4-29-23(28)19-14-24-20-16(3)12-15(2)13-18(20)21(19)25-8-5-9-26(11-10-25)22(27)17-6-7-17/h12-14,17H,4-11H2,1-3H3. The lowest BCUT2D eigenvalue weighted by atomic mass is 10.0. The second-order valence-electron chi connectivity index (χ2n) is 8.16. The minimum absolute atomic E-state index is 0.240. The third kappa shape index (κ3) is 3.93. The second-order valence-corrected chi connectivity index (χ2v) is 8.16. The number of aromatic nitrogens is 1. The van der Waals surface area contributed by atoms with Crippen LogP contribution in [0.4, 0.5) is 5.69 Å². The lowest BCUT2D eigenvalue weighted by Crippen LogP contribution is -2.36. The van der Waals surface area contributed by atoms with Crippen LogP contribution in [0.25, 0.3) is 10.9 Å². The number of carbonyl (C=O) groups is 2. The van der Waals surface area contributed by atoms with Crippen molar-refractivity contribution in [3.8, 4) is 0 Å². The molecule has 154 valence electrons. The van der Waals surface area contributed by atoms with E-state index in [0.717, 1.165) is 60.1 Å². The third-order valence-corrected chi connectivity index (χ3v) is 5.82. The predicted molar refractivity (Wildman–Crippen MR) is 113 cm³/mol. The van der Waals surface area contributed by atoms with Crippen LogP contribution in [0.15, 0.2) is 18.3 Å². The van der Waals surface area contributed by atoms with E-state index in [-0.39, 0.29) is 11.9 Å². The van der Waals surface area contributed by atoms with Crippen molar-refractivity contribution in [2.24, 2.45) is 5.92 Å². The number of nitrogens with zero attached hydrogens (tertiary/aromatic N) is 3. The average molecular weight is 396 g/mol. The van der Waals surface area contributed by atoms with Gasteiger partial charge in [-0.15, -0.1) is 0 Å². The van der Waals surface area contributed by atoms with E-state index in [2.05, 4.69) is 35.9 Å². The SMILES string of the molecule is CCOC(=O)c1cnc2c(C)cc(C)cc2c1N1CCCN(C(=O)C2CC2)CC1. The van der Waals surface area contributed by atoms with E-state index in [1.165, 1.54) is 0 Å². The lowest BCUT2D eigenvalue weighted by Gasteiger charge is -2.27. The van der Waals surface area contributed by atoms with Gasteiger partial charge in [0.15, 0.2) is 0 Å². The summed E-state index contributed by atoms with van der Waals surface area (Å²) < 4.78 is 5.33. The Labute approximate surface area is 171 Å². The normalized spacial score (nSPS) is 17.3. The molecule has 0 N–H and O–H groups in total. The van der Waals surface area contributed by atoms with Gasteiger partial charge >= 0.3 is 5.97 Å². The molecule has 1 aromatic heterocycles. The molecule has 6 nitrogen and oxygen atoms in total. The van der Waals surface area contributed by atoms with Gasteiger partial charge in [-0.05, 0) is 51.7 Å². The molecule has 0 unspecified atom stereocenters. The third-order valence-electron chi connectivity index (χ3n) is 5.82. The summed E-state index contributed by atoms with van der Waals surface area (Å²) in [7, 11) is 0. The van der Waals surface area contributed by atoms with Crippen molar-refractivity contribution >= 4 is 28.5 Å². The average Bonchev–Trinajstić information content (AvgIpc) is 3.53. The van der Waals surface area contributed by atoms with Crippen molar-refractivity contribution in [2.75, 3.05) is 37.7 Å². The molecule has 2 heterocycles. The van der Waals surface area contributed by atoms with Crippen molar-refractivity contribution in [2.45, 2.75) is 40.0 Å². The Morgan fingerprint density at radius 3 is 2.66 bits per heavy atom. The number of aryl methyl sites for hydroxylation is 2. The van der Waals surface area contributed by atoms with Crippen molar-refractivity contribution in [1.82, 2.24) is 9.88 Å². The van der Waals surface area contributed by atoms with E-state index in [9.17, 15) is 9.59 Å². The predicted octanol–water partition coefficient (Wildman–Crippen LogP) is 3.48. The molecule has 6 heteroatoms. The fourth-order valence-electron chi connectivity index (χ4n) is 4.30. The number of rotatable bonds is 4. The molecule has 1 aliphatic heterocycles. The van der Waals surface area contributed by atoms with Crippen LogP contribution in [0.3, 0.4) is 0 Å². The number of benzene rings is 1. The van der Waals surface area contributed by atoms with E-state index >= 15 is 0 Å². The van der Waals surface area contributed by atoms with Crippen LogP contribution < -0.4 is 4.90 Å². The van der Waals surface area contributed by atoms with Crippen LogP contribution in [-0.4, -0.2) is 54.5 Å². The molecule has 1 saturated heterocycles. The maximum atomic E-state index is 12.7. The smallest absolute Gasteiger partial charge is 0.341 e. The molecule has 2 fully saturated rings. The zero-order valence-corrected chi connectivity index (χ0v) is 17.5. The van der Waals surface area contributed by atoms with Crippen LogP contribution >= 0.6 is 0 Å². The van der Waals surface area contributed by atoms with Gasteiger partial charge in [0, 0.05) is 43.7 Å². The highest BCUT2D eigenvalue weighted by Gasteiger charge is 2.34. The Balaban J connectivity index is 1.74. The topological polar surface area (TPSA) is 62.7 Å². The van der Waals surface area contributed by atoms with Crippen molar-refractivity contribution in [1.29, 1.82) is 0 Å². The summed E-state index contributed by atoms with van der Waals surface area (Å²) in [6, 6.07) is 4.22.